The predicted octanol–water partition coefficient (Wildman–Crippen LogP) is 3.12. The molecule has 0 amide bonds. The second-order valence-corrected chi connectivity index (χ2v) is 6.34. The number of fused-ring (bicyclic) bond motifs is 1. The van der Waals surface area contributed by atoms with E-state index in [2.05, 4.69) is 44.7 Å². The summed E-state index contributed by atoms with van der Waals surface area (Å²) in [5.41, 5.74) is 2.42. The first-order chi connectivity index (χ1) is 11.8. The van der Waals surface area contributed by atoms with Crippen LogP contribution in [0.15, 0.2) is 35.0 Å². The van der Waals surface area contributed by atoms with Gasteiger partial charge in [0.25, 0.3) is 0 Å². The summed E-state index contributed by atoms with van der Waals surface area (Å²) < 4.78 is 11.0. The zero-order chi connectivity index (χ0) is 16.4. The van der Waals surface area contributed by atoms with Gasteiger partial charge in [0.2, 0.25) is 5.89 Å². The van der Waals surface area contributed by atoms with Gasteiger partial charge in [0.15, 0.2) is 5.82 Å². The van der Waals surface area contributed by atoms with Gasteiger partial charge in [-0.1, -0.05) is 17.3 Å². The Labute approximate surface area is 140 Å². The highest BCUT2D eigenvalue weighted by Gasteiger charge is 2.29. The van der Waals surface area contributed by atoms with E-state index in [-0.39, 0.29) is 6.04 Å². The van der Waals surface area contributed by atoms with E-state index in [1.165, 1.54) is 10.9 Å². The van der Waals surface area contributed by atoms with Gasteiger partial charge < -0.3 is 19.6 Å². The van der Waals surface area contributed by atoms with Gasteiger partial charge in [-0.15, -0.1) is 0 Å². The molecule has 2 N–H and O–H groups in total. The molecule has 0 spiro atoms. The number of aromatic amines is 1. The fourth-order valence-electron chi connectivity index (χ4n) is 3.47. The maximum absolute atomic E-state index is 5.50. The van der Waals surface area contributed by atoms with Crippen LogP contribution in [0, 0.1) is 12.8 Å². The molecule has 24 heavy (non-hydrogen) atoms. The molecule has 1 aliphatic heterocycles. The van der Waals surface area contributed by atoms with Crippen LogP contribution in [0.5, 0.6) is 0 Å². The first-order valence-electron chi connectivity index (χ1n) is 8.47. The molecule has 0 bridgehead atoms. The van der Waals surface area contributed by atoms with Crippen molar-refractivity contribution in [3.05, 3.63) is 47.7 Å². The maximum atomic E-state index is 5.50. The average molecular weight is 326 g/mol. The molecule has 1 fully saturated rings. The highest BCUT2D eigenvalue weighted by atomic mass is 16.5. The van der Waals surface area contributed by atoms with Gasteiger partial charge in [0.05, 0.1) is 6.04 Å². The minimum absolute atomic E-state index is 0.0595. The van der Waals surface area contributed by atoms with E-state index in [1.807, 2.05) is 13.1 Å². The smallest absolute Gasteiger partial charge is 0.244 e. The normalized spacial score (nSPS) is 17.4. The summed E-state index contributed by atoms with van der Waals surface area (Å²) in [6.45, 7) is 4.21. The summed E-state index contributed by atoms with van der Waals surface area (Å²) in [6, 6.07) is 8.51. The third-order valence-corrected chi connectivity index (χ3v) is 4.74. The molecule has 6 heteroatoms. The van der Waals surface area contributed by atoms with Crippen molar-refractivity contribution in [3.8, 4) is 0 Å². The van der Waals surface area contributed by atoms with Crippen molar-refractivity contribution in [1.82, 2.24) is 20.4 Å². The standard InChI is InChI=1S/C18H22N4O2/c1-12-21-18(24-22-12)17(13-6-9-23-10-7-13)20-11-14-3-2-4-16-15(14)5-8-19-16/h2-5,8,13,17,19-20H,6-7,9-11H2,1H3/t17-/m0/s1. The lowest BCUT2D eigenvalue weighted by Crippen LogP contribution is -2.32. The topological polar surface area (TPSA) is 76.0 Å². The van der Waals surface area contributed by atoms with Crippen LogP contribution in [0.1, 0.15) is 36.2 Å². The second-order valence-electron chi connectivity index (χ2n) is 6.34. The van der Waals surface area contributed by atoms with Crippen molar-refractivity contribution < 1.29 is 9.26 Å². The van der Waals surface area contributed by atoms with Crippen molar-refractivity contribution >= 4 is 10.9 Å². The Morgan fingerprint density at radius 3 is 2.96 bits per heavy atom. The minimum atomic E-state index is 0.0595. The van der Waals surface area contributed by atoms with E-state index < -0.39 is 0 Å². The van der Waals surface area contributed by atoms with E-state index in [1.54, 1.807) is 0 Å². The van der Waals surface area contributed by atoms with Gasteiger partial charge in [-0.25, -0.2) is 0 Å². The molecular formula is C18H22N4O2. The predicted molar refractivity (Wildman–Crippen MR) is 90.5 cm³/mol. The number of ether oxygens (including phenoxy) is 1. The molecule has 126 valence electrons. The Hall–Kier alpha value is -2.18. The maximum Gasteiger partial charge on any atom is 0.244 e. The fourth-order valence-corrected chi connectivity index (χ4v) is 3.47. The SMILES string of the molecule is Cc1noc([C@@H](NCc2cccc3[nH]ccc23)C2CCOCC2)n1. The summed E-state index contributed by atoms with van der Waals surface area (Å²) in [6.07, 6.45) is 3.99. The van der Waals surface area contributed by atoms with E-state index in [9.17, 15) is 0 Å². The second kappa shape index (κ2) is 6.75. The van der Waals surface area contributed by atoms with Gasteiger partial charge >= 0.3 is 0 Å². The number of nitrogens with one attached hydrogen (secondary N) is 2. The van der Waals surface area contributed by atoms with Gasteiger partial charge in [-0.05, 0) is 43.4 Å². The molecule has 0 radical (unpaired) electrons. The Morgan fingerprint density at radius 1 is 1.29 bits per heavy atom. The van der Waals surface area contributed by atoms with E-state index in [4.69, 9.17) is 9.26 Å². The van der Waals surface area contributed by atoms with Crippen LogP contribution in [0.4, 0.5) is 0 Å². The summed E-state index contributed by atoms with van der Waals surface area (Å²) in [5, 5.41) is 8.87. The summed E-state index contributed by atoms with van der Waals surface area (Å²) in [4.78, 5) is 7.72. The lowest BCUT2D eigenvalue weighted by molar-refractivity contribution is 0.0485. The molecule has 1 atom stereocenters. The molecule has 1 aliphatic rings. The molecule has 3 aromatic rings. The van der Waals surface area contributed by atoms with Gasteiger partial charge in [-0.2, -0.15) is 4.98 Å². The van der Waals surface area contributed by atoms with Crippen LogP contribution in [0.25, 0.3) is 10.9 Å². The molecule has 1 aromatic carbocycles. The summed E-state index contributed by atoms with van der Waals surface area (Å²) in [5.74, 6) is 1.81. The van der Waals surface area contributed by atoms with Crippen molar-refractivity contribution in [2.45, 2.75) is 32.4 Å². The molecule has 0 aliphatic carbocycles. The van der Waals surface area contributed by atoms with Crippen molar-refractivity contribution in [1.29, 1.82) is 0 Å². The number of benzene rings is 1. The van der Waals surface area contributed by atoms with Crippen LogP contribution < -0.4 is 5.32 Å². The molecular weight excluding hydrogens is 304 g/mol. The number of hydrogen-bond donors (Lipinski definition) is 2. The van der Waals surface area contributed by atoms with Gasteiger partial charge in [0, 0.05) is 36.9 Å². The highest BCUT2D eigenvalue weighted by molar-refractivity contribution is 5.82. The molecule has 2 aromatic heterocycles. The fraction of sp³-hybridized carbons (Fsp3) is 0.444. The molecule has 0 unspecified atom stereocenters. The largest absolute Gasteiger partial charge is 0.381 e. The molecule has 1 saturated heterocycles. The molecule has 4 rings (SSSR count). The molecule has 0 saturated carbocycles. The monoisotopic (exact) mass is 326 g/mol. The van der Waals surface area contributed by atoms with Crippen molar-refractivity contribution in [3.63, 3.8) is 0 Å². The Balaban J connectivity index is 1.56. The Morgan fingerprint density at radius 2 is 2.17 bits per heavy atom. The molecule has 3 heterocycles. The van der Waals surface area contributed by atoms with Crippen LogP contribution >= 0.6 is 0 Å². The minimum Gasteiger partial charge on any atom is -0.381 e. The zero-order valence-electron chi connectivity index (χ0n) is 13.8. The van der Waals surface area contributed by atoms with Crippen molar-refractivity contribution in [2.75, 3.05) is 13.2 Å². The van der Waals surface area contributed by atoms with E-state index >= 15 is 0 Å². The highest BCUT2D eigenvalue weighted by Crippen LogP contribution is 2.30. The first-order valence-corrected chi connectivity index (χ1v) is 8.47. The number of aromatic nitrogens is 3. The number of hydrogen-bond acceptors (Lipinski definition) is 5. The lowest BCUT2D eigenvalue weighted by Gasteiger charge is -2.28. The van der Waals surface area contributed by atoms with Crippen LogP contribution in [0.2, 0.25) is 0 Å². The first kappa shape index (κ1) is 15.4. The number of rotatable bonds is 5. The van der Waals surface area contributed by atoms with Crippen molar-refractivity contribution in [2.24, 2.45) is 5.92 Å². The number of aryl methyl sites for hydroxylation is 1. The third kappa shape index (κ3) is 3.07. The number of H-pyrrole nitrogens is 1. The van der Waals surface area contributed by atoms with Crippen LogP contribution in [-0.2, 0) is 11.3 Å². The number of nitrogens with zero attached hydrogens (tertiary/aromatic N) is 2. The lowest BCUT2D eigenvalue weighted by atomic mass is 9.91. The van der Waals surface area contributed by atoms with Gasteiger partial charge in [-0.3, -0.25) is 0 Å². The summed E-state index contributed by atoms with van der Waals surface area (Å²) >= 11 is 0. The van der Waals surface area contributed by atoms with Crippen LogP contribution in [0.3, 0.4) is 0 Å². The third-order valence-electron chi connectivity index (χ3n) is 4.74. The van der Waals surface area contributed by atoms with E-state index in [0.29, 0.717) is 17.6 Å². The average Bonchev–Trinajstić information content (AvgIpc) is 3.25. The summed E-state index contributed by atoms with van der Waals surface area (Å²) in [7, 11) is 0. The van der Waals surface area contributed by atoms with E-state index in [0.717, 1.165) is 38.1 Å². The zero-order valence-corrected chi connectivity index (χ0v) is 13.8. The Bertz CT molecular complexity index is 804. The van der Waals surface area contributed by atoms with Crippen LogP contribution in [-0.4, -0.2) is 28.3 Å². The Kier molecular flexibility index (Phi) is 4.32. The molecule has 6 nitrogen and oxygen atoms in total. The van der Waals surface area contributed by atoms with Gasteiger partial charge in [0.1, 0.15) is 0 Å². The quantitative estimate of drug-likeness (QED) is 0.753.